The summed E-state index contributed by atoms with van der Waals surface area (Å²) in [5.74, 6) is -1.53. The number of nitrogens with one attached hydrogen (secondary N) is 1. The summed E-state index contributed by atoms with van der Waals surface area (Å²) in [6.07, 6.45) is 0.750. The fourth-order valence-corrected chi connectivity index (χ4v) is 4.48. The Morgan fingerprint density at radius 2 is 2.03 bits per heavy atom. The molecular weight excluding hydrogens is 480 g/mol. The van der Waals surface area contributed by atoms with Gasteiger partial charge in [-0.1, -0.05) is 18.2 Å². The summed E-state index contributed by atoms with van der Waals surface area (Å²) in [5.41, 5.74) is 0.314. The zero-order valence-corrected chi connectivity index (χ0v) is 20.0. The fourth-order valence-electron chi connectivity index (χ4n) is 4.48. The third-order valence-corrected chi connectivity index (χ3v) is 6.32. The molecule has 3 aliphatic rings. The Labute approximate surface area is 205 Å². The number of carbonyl (C=O) groups is 2. The van der Waals surface area contributed by atoms with Crippen molar-refractivity contribution in [3.8, 4) is 0 Å². The van der Waals surface area contributed by atoms with E-state index in [2.05, 4.69) is 10.3 Å². The second kappa shape index (κ2) is 9.79. The zero-order valence-electron chi connectivity index (χ0n) is 20.0. The molecule has 0 saturated carbocycles. The molecule has 0 aliphatic carbocycles. The predicted octanol–water partition coefficient (Wildman–Crippen LogP) is 4.35. The van der Waals surface area contributed by atoms with Crippen molar-refractivity contribution in [2.45, 2.75) is 38.5 Å². The van der Waals surface area contributed by atoms with Crippen molar-refractivity contribution < 1.29 is 31.9 Å². The van der Waals surface area contributed by atoms with Gasteiger partial charge < -0.3 is 19.9 Å². The van der Waals surface area contributed by atoms with Crippen LogP contribution in [-0.4, -0.2) is 60.4 Å². The van der Waals surface area contributed by atoms with E-state index in [0.717, 1.165) is 17.2 Å². The van der Waals surface area contributed by atoms with Gasteiger partial charge in [-0.05, 0) is 43.6 Å². The van der Waals surface area contributed by atoms with Crippen LogP contribution in [0.2, 0.25) is 0 Å². The lowest BCUT2D eigenvalue weighted by atomic mass is 9.95. The largest absolute Gasteiger partial charge is 0.453 e. The number of rotatable bonds is 4. The number of halogens is 4. The Kier molecular flexibility index (Phi) is 6.92. The molecule has 1 aromatic carbocycles. The minimum absolute atomic E-state index is 0.0692. The van der Waals surface area contributed by atoms with E-state index in [1.807, 2.05) is 24.1 Å². The minimum atomic E-state index is -4.85. The highest BCUT2D eigenvalue weighted by Gasteiger charge is 2.36. The lowest BCUT2D eigenvalue weighted by Crippen LogP contribution is -2.38. The smallest absolute Gasteiger partial charge is 0.419 e. The van der Waals surface area contributed by atoms with Crippen LogP contribution in [0, 0.1) is 5.82 Å². The molecule has 0 unspecified atom stereocenters. The summed E-state index contributed by atoms with van der Waals surface area (Å²) < 4.78 is 58.8. The predicted molar refractivity (Wildman–Crippen MR) is 124 cm³/mol. The number of amides is 2. The van der Waals surface area contributed by atoms with Crippen molar-refractivity contribution in [1.29, 1.82) is 0 Å². The highest BCUT2D eigenvalue weighted by molar-refractivity contribution is 6.22. The van der Waals surface area contributed by atoms with Crippen LogP contribution in [0.5, 0.6) is 0 Å². The standard InChI is InChI=1S/C25H26F4N4O3/c1-14-12-33-13-17(16-7-9-32(10-8-16)24(35)36-3)11-19(22(33)30-14)23(34)31-15(2)18-5-4-6-20(21(18)26)25(27,28)29/h4-7,11,13-15H,8-10,12H2,1-3H3,(H,31,34)/t14-,15-/m1/s1. The van der Waals surface area contributed by atoms with Gasteiger partial charge in [0.1, 0.15) is 11.7 Å². The van der Waals surface area contributed by atoms with E-state index in [9.17, 15) is 27.2 Å². The van der Waals surface area contributed by atoms with E-state index in [1.165, 1.54) is 20.1 Å². The number of amidine groups is 1. The van der Waals surface area contributed by atoms with Crippen LogP contribution < -0.4 is 5.32 Å². The van der Waals surface area contributed by atoms with Crippen LogP contribution in [0.3, 0.4) is 0 Å². The topological polar surface area (TPSA) is 74.2 Å². The first-order chi connectivity index (χ1) is 17.0. The van der Waals surface area contributed by atoms with Crippen LogP contribution in [0.15, 0.2) is 58.3 Å². The summed E-state index contributed by atoms with van der Waals surface area (Å²) in [6, 6.07) is 1.91. The van der Waals surface area contributed by atoms with Crippen molar-refractivity contribution in [1.82, 2.24) is 15.1 Å². The molecule has 192 valence electrons. The maximum absolute atomic E-state index is 14.6. The van der Waals surface area contributed by atoms with Crippen molar-refractivity contribution in [2.24, 2.45) is 4.99 Å². The summed E-state index contributed by atoms with van der Waals surface area (Å²) in [7, 11) is 1.32. The SMILES string of the molecule is COC(=O)N1CC=C(C2=CN3C[C@@H](C)N=C3C(C(=O)N[C@H](C)c3cccc(C(F)(F)F)c3F)=C2)CC1. The van der Waals surface area contributed by atoms with E-state index in [0.29, 0.717) is 38.0 Å². The van der Waals surface area contributed by atoms with Crippen LogP contribution in [0.4, 0.5) is 22.4 Å². The quantitative estimate of drug-likeness (QED) is 0.617. The van der Waals surface area contributed by atoms with Crippen LogP contribution in [0.25, 0.3) is 0 Å². The Morgan fingerprint density at radius 1 is 1.28 bits per heavy atom. The molecule has 1 N–H and O–H groups in total. The highest BCUT2D eigenvalue weighted by Crippen LogP contribution is 2.34. The first-order valence-electron chi connectivity index (χ1n) is 11.5. The third-order valence-electron chi connectivity index (χ3n) is 6.32. The molecule has 11 heteroatoms. The number of fused-ring (bicyclic) bond motifs is 1. The number of aliphatic imine (C=N–C) groups is 1. The monoisotopic (exact) mass is 506 g/mol. The van der Waals surface area contributed by atoms with Gasteiger partial charge in [0.25, 0.3) is 5.91 Å². The minimum Gasteiger partial charge on any atom is -0.453 e. The van der Waals surface area contributed by atoms with Crippen molar-refractivity contribution in [3.63, 3.8) is 0 Å². The van der Waals surface area contributed by atoms with Gasteiger partial charge in [0.15, 0.2) is 0 Å². The molecule has 0 spiro atoms. The van der Waals surface area contributed by atoms with Crippen molar-refractivity contribution in [3.05, 3.63) is 70.2 Å². The average molecular weight is 507 g/mol. The van der Waals surface area contributed by atoms with Crippen LogP contribution in [-0.2, 0) is 15.7 Å². The molecule has 3 heterocycles. The van der Waals surface area contributed by atoms with E-state index in [1.54, 1.807) is 11.0 Å². The normalized spacial score (nSPS) is 20.6. The van der Waals surface area contributed by atoms with Gasteiger partial charge in [-0.15, -0.1) is 0 Å². The number of hydrogen-bond donors (Lipinski definition) is 1. The second-order valence-electron chi connectivity index (χ2n) is 8.89. The molecule has 1 aromatic rings. The lowest BCUT2D eigenvalue weighted by Gasteiger charge is -2.29. The van der Waals surface area contributed by atoms with E-state index in [4.69, 9.17) is 4.74 Å². The Hall–Kier alpha value is -3.63. The molecule has 36 heavy (non-hydrogen) atoms. The molecular formula is C25H26F4N4O3. The summed E-state index contributed by atoms with van der Waals surface area (Å²) in [5, 5.41) is 2.63. The van der Waals surface area contributed by atoms with Gasteiger partial charge in [0.2, 0.25) is 0 Å². The molecule has 3 aliphatic heterocycles. The number of hydrogen-bond acceptors (Lipinski definition) is 5. The highest BCUT2D eigenvalue weighted by atomic mass is 19.4. The van der Waals surface area contributed by atoms with Crippen LogP contribution in [0.1, 0.15) is 37.4 Å². The van der Waals surface area contributed by atoms with E-state index < -0.39 is 35.6 Å². The first kappa shape index (κ1) is 25.5. The van der Waals surface area contributed by atoms with Gasteiger partial charge in [-0.3, -0.25) is 9.79 Å². The van der Waals surface area contributed by atoms with Gasteiger partial charge in [0, 0.05) is 31.4 Å². The molecule has 0 saturated heterocycles. The molecule has 0 radical (unpaired) electrons. The van der Waals surface area contributed by atoms with E-state index >= 15 is 0 Å². The van der Waals surface area contributed by atoms with Gasteiger partial charge >= 0.3 is 12.3 Å². The molecule has 0 fully saturated rings. The van der Waals surface area contributed by atoms with Gasteiger partial charge in [-0.25, -0.2) is 9.18 Å². The average Bonchev–Trinajstić information content (AvgIpc) is 3.22. The summed E-state index contributed by atoms with van der Waals surface area (Å²) in [6.45, 7) is 4.71. The second-order valence-corrected chi connectivity index (χ2v) is 8.89. The maximum atomic E-state index is 14.6. The molecule has 2 atom stereocenters. The van der Waals surface area contributed by atoms with Crippen LogP contribution >= 0.6 is 0 Å². The molecule has 7 nitrogen and oxygen atoms in total. The number of allylic oxidation sites excluding steroid dienone is 2. The number of benzene rings is 1. The molecule has 0 bridgehead atoms. The maximum Gasteiger partial charge on any atom is 0.419 e. The molecule has 0 aromatic heterocycles. The number of alkyl halides is 3. The van der Waals surface area contributed by atoms with Gasteiger partial charge in [-0.2, -0.15) is 13.2 Å². The zero-order chi connectivity index (χ0) is 26.2. The molecule has 2 amide bonds. The third kappa shape index (κ3) is 5.00. The Bertz CT molecular complexity index is 1200. The van der Waals surface area contributed by atoms with Gasteiger partial charge in [0.05, 0.1) is 30.3 Å². The Morgan fingerprint density at radius 3 is 2.67 bits per heavy atom. The van der Waals surface area contributed by atoms with E-state index in [-0.39, 0.29) is 17.2 Å². The molecule has 4 rings (SSSR count). The number of carbonyl (C=O) groups excluding carboxylic acids is 2. The van der Waals surface area contributed by atoms with Crippen molar-refractivity contribution >= 4 is 17.8 Å². The van der Waals surface area contributed by atoms with Crippen molar-refractivity contribution in [2.75, 3.05) is 26.7 Å². The first-order valence-corrected chi connectivity index (χ1v) is 11.5. The fraction of sp³-hybridized carbons (Fsp3) is 0.400. The number of methoxy groups -OCH3 is 1. The Balaban J connectivity index is 1.59. The number of nitrogens with zero attached hydrogens (tertiary/aromatic N) is 3. The summed E-state index contributed by atoms with van der Waals surface area (Å²) in [4.78, 5) is 33.0. The summed E-state index contributed by atoms with van der Waals surface area (Å²) >= 11 is 0. The lowest BCUT2D eigenvalue weighted by molar-refractivity contribution is -0.140. The number of ether oxygens (including phenoxy) is 1.